The van der Waals surface area contributed by atoms with Crippen LogP contribution in [0, 0.1) is 0 Å². The summed E-state index contributed by atoms with van der Waals surface area (Å²) in [5, 5.41) is 21.4. The monoisotopic (exact) mass is 445 g/mol. The summed E-state index contributed by atoms with van der Waals surface area (Å²) in [5.41, 5.74) is 1.22. The van der Waals surface area contributed by atoms with Crippen LogP contribution < -0.4 is 4.74 Å². The van der Waals surface area contributed by atoms with Crippen LogP contribution in [0.25, 0.3) is 6.08 Å². The molecule has 0 atom stereocenters. The molecule has 0 amide bonds. The van der Waals surface area contributed by atoms with Gasteiger partial charge in [0.2, 0.25) is 0 Å². The molecule has 0 unspecified atom stereocenters. The summed E-state index contributed by atoms with van der Waals surface area (Å²) in [6.45, 7) is 4.07. The highest BCUT2D eigenvalue weighted by atomic mass is 35.5. The zero-order valence-electron chi connectivity index (χ0n) is 16.4. The highest BCUT2D eigenvalue weighted by molar-refractivity contribution is 8.18. The van der Waals surface area contributed by atoms with Gasteiger partial charge in [-0.1, -0.05) is 35.5 Å². The topological polar surface area (TPSA) is 88.4 Å². The third-order valence-electron chi connectivity index (χ3n) is 3.99. The molecule has 2 aromatic carbocycles. The molecular weight excluding hydrogens is 426 g/mol. The Kier molecular flexibility index (Phi) is 7.07. The first kappa shape index (κ1) is 21.8. The van der Waals surface area contributed by atoms with Crippen LogP contribution in [-0.4, -0.2) is 34.4 Å². The first-order valence-corrected chi connectivity index (χ1v) is 10.4. The Hall–Kier alpha value is -2.90. The fourth-order valence-electron chi connectivity index (χ4n) is 2.70. The molecule has 6 nitrogen and oxygen atoms in total. The summed E-state index contributed by atoms with van der Waals surface area (Å²) in [7, 11) is 0. The van der Waals surface area contributed by atoms with E-state index in [4.69, 9.17) is 21.1 Å². The maximum absolute atomic E-state index is 12.5. The highest BCUT2D eigenvalue weighted by Crippen LogP contribution is 2.41. The molecule has 0 aromatic heterocycles. The number of hydrogen-bond donors (Lipinski definition) is 2. The number of aromatic hydroxyl groups is 1. The van der Waals surface area contributed by atoms with Crippen molar-refractivity contribution in [1.29, 1.82) is 0 Å². The van der Waals surface area contributed by atoms with Crippen LogP contribution in [0.1, 0.15) is 19.4 Å². The van der Waals surface area contributed by atoms with E-state index in [1.54, 1.807) is 49.4 Å². The fraction of sp³-hybridized carbons (Fsp3) is 0.182. The van der Waals surface area contributed by atoms with Gasteiger partial charge in [-0.15, -0.1) is 0 Å². The van der Waals surface area contributed by atoms with E-state index >= 15 is 0 Å². The molecule has 3 rings (SSSR count). The number of carbonyl (C=O) groups is 1. The SMILES string of the molecule is CCOC(=O)C1=C(O)/C(=C\c2ccc(O)c(OCC)c2)SC1=Nc1cccc(Cl)c1. The van der Waals surface area contributed by atoms with Crippen LogP contribution in [0.2, 0.25) is 5.02 Å². The number of hydrogen-bond acceptors (Lipinski definition) is 7. The molecule has 0 saturated heterocycles. The largest absolute Gasteiger partial charge is 0.506 e. The predicted octanol–water partition coefficient (Wildman–Crippen LogP) is 5.64. The average Bonchev–Trinajstić information content (AvgIpc) is 2.99. The number of phenols is 1. The lowest BCUT2D eigenvalue weighted by Crippen LogP contribution is -2.12. The summed E-state index contributed by atoms with van der Waals surface area (Å²) >= 11 is 7.16. The van der Waals surface area contributed by atoms with Crippen molar-refractivity contribution in [2.24, 2.45) is 4.99 Å². The molecule has 8 heteroatoms. The summed E-state index contributed by atoms with van der Waals surface area (Å²) < 4.78 is 10.5. The lowest BCUT2D eigenvalue weighted by Gasteiger charge is -2.07. The van der Waals surface area contributed by atoms with Gasteiger partial charge < -0.3 is 19.7 Å². The third kappa shape index (κ3) is 4.98. The second kappa shape index (κ2) is 9.73. The molecule has 2 N–H and O–H groups in total. The predicted molar refractivity (Wildman–Crippen MR) is 120 cm³/mol. The third-order valence-corrected chi connectivity index (χ3v) is 5.25. The minimum atomic E-state index is -0.660. The number of benzene rings is 2. The number of carbonyl (C=O) groups excluding carboxylic acids is 1. The van der Waals surface area contributed by atoms with Gasteiger partial charge in [-0.3, -0.25) is 0 Å². The Morgan fingerprint density at radius 2 is 1.97 bits per heavy atom. The van der Waals surface area contributed by atoms with Gasteiger partial charge in [-0.05, 0) is 55.8 Å². The molecule has 0 radical (unpaired) electrons. The standard InChI is InChI=1S/C22H20ClNO5S/c1-3-28-17-10-13(8-9-16(17)25)11-18-20(26)19(22(27)29-4-2)21(30-18)24-15-7-5-6-14(23)12-15/h5-12,25-26H,3-4H2,1-2H3/b18-11+,24-21?. The number of thioether (sulfide) groups is 1. The Morgan fingerprint density at radius 3 is 2.67 bits per heavy atom. The summed E-state index contributed by atoms with van der Waals surface area (Å²) in [6, 6.07) is 11.7. The number of rotatable bonds is 6. The Balaban J connectivity index is 2.03. The van der Waals surface area contributed by atoms with Crippen molar-refractivity contribution in [3.63, 3.8) is 0 Å². The number of halogens is 1. The Morgan fingerprint density at radius 1 is 1.17 bits per heavy atom. The highest BCUT2D eigenvalue weighted by Gasteiger charge is 2.33. The van der Waals surface area contributed by atoms with Gasteiger partial charge in [0, 0.05) is 5.02 Å². The van der Waals surface area contributed by atoms with Gasteiger partial charge in [-0.2, -0.15) is 0 Å². The zero-order valence-corrected chi connectivity index (χ0v) is 18.0. The number of ether oxygens (including phenoxy) is 2. The van der Waals surface area contributed by atoms with Crippen LogP contribution in [0.15, 0.2) is 63.7 Å². The fourth-order valence-corrected chi connectivity index (χ4v) is 3.92. The van der Waals surface area contributed by atoms with E-state index in [0.717, 1.165) is 11.8 Å². The van der Waals surface area contributed by atoms with Crippen molar-refractivity contribution < 1.29 is 24.5 Å². The number of phenolic OH excluding ortho intramolecular Hbond substituents is 1. The van der Waals surface area contributed by atoms with Crippen LogP contribution >= 0.6 is 23.4 Å². The molecule has 1 aliphatic rings. The number of nitrogens with zero attached hydrogens (tertiary/aromatic N) is 1. The Bertz CT molecular complexity index is 1060. The quantitative estimate of drug-likeness (QED) is 0.559. The van der Waals surface area contributed by atoms with E-state index in [9.17, 15) is 15.0 Å². The molecule has 0 aliphatic carbocycles. The molecule has 2 aromatic rings. The van der Waals surface area contributed by atoms with E-state index < -0.39 is 5.97 Å². The van der Waals surface area contributed by atoms with Crippen molar-refractivity contribution in [2.45, 2.75) is 13.8 Å². The zero-order chi connectivity index (χ0) is 21.7. The molecule has 0 fully saturated rings. The molecule has 1 heterocycles. The van der Waals surface area contributed by atoms with Gasteiger partial charge in [0.15, 0.2) is 11.5 Å². The van der Waals surface area contributed by atoms with E-state index in [-0.39, 0.29) is 23.7 Å². The van der Waals surface area contributed by atoms with E-state index in [1.165, 1.54) is 6.07 Å². The lowest BCUT2D eigenvalue weighted by atomic mass is 10.1. The van der Waals surface area contributed by atoms with Crippen molar-refractivity contribution in [2.75, 3.05) is 13.2 Å². The maximum atomic E-state index is 12.5. The molecule has 156 valence electrons. The van der Waals surface area contributed by atoms with Crippen molar-refractivity contribution in [1.82, 2.24) is 0 Å². The first-order valence-electron chi connectivity index (χ1n) is 9.23. The maximum Gasteiger partial charge on any atom is 0.344 e. The van der Waals surface area contributed by atoms with Crippen LogP contribution in [0.4, 0.5) is 5.69 Å². The van der Waals surface area contributed by atoms with Gasteiger partial charge in [0.25, 0.3) is 0 Å². The van der Waals surface area contributed by atoms with Crippen LogP contribution in [0.5, 0.6) is 11.5 Å². The van der Waals surface area contributed by atoms with E-state index in [0.29, 0.717) is 38.6 Å². The second-order valence-electron chi connectivity index (χ2n) is 6.11. The number of aliphatic imine (C=N–C) groups is 1. The summed E-state index contributed by atoms with van der Waals surface area (Å²) in [4.78, 5) is 17.4. The second-order valence-corrected chi connectivity index (χ2v) is 7.58. The summed E-state index contributed by atoms with van der Waals surface area (Å²) in [5.74, 6) is -0.525. The minimum absolute atomic E-state index is 0.00288. The normalized spacial score (nSPS) is 16.4. The van der Waals surface area contributed by atoms with Gasteiger partial charge in [0.05, 0.1) is 23.8 Å². The lowest BCUT2D eigenvalue weighted by molar-refractivity contribution is -0.138. The van der Waals surface area contributed by atoms with Crippen molar-refractivity contribution in [3.05, 3.63) is 69.3 Å². The average molecular weight is 446 g/mol. The number of aliphatic hydroxyl groups excluding tert-OH is 1. The number of esters is 1. The minimum Gasteiger partial charge on any atom is -0.506 e. The van der Waals surface area contributed by atoms with Crippen molar-refractivity contribution in [3.8, 4) is 11.5 Å². The molecule has 1 aliphatic heterocycles. The van der Waals surface area contributed by atoms with Gasteiger partial charge in [0.1, 0.15) is 16.4 Å². The van der Waals surface area contributed by atoms with Gasteiger partial charge in [-0.25, -0.2) is 9.79 Å². The summed E-state index contributed by atoms with van der Waals surface area (Å²) in [6.07, 6.45) is 1.68. The van der Waals surface area contributed by atoms with E-state index in [1.807, 2.05) is 6.92 Å². The first-order chi connectivity index (χ1) is 14.4. The van der Waals surface area contributed by atoms with Crippen LogP contribution in [-0.2, 0) is 9.53 Å². The smallest absolute Gasteiger partial charge is 0.344 e. The van der Waals surface area contributed by atoms with Gasteiger partial charge >= 0.3 is 5.97 Å². The van der Waals surface area contributed by atoms with E-state index in [2.05, 4.69) is 4.99 Å². The molecule has 0 bridgehead atoms. The number of aliphatic hydroxyl groups is 1. The molecule has 0 saturated carbocycles. The molecule has 30 heavy (non-hydrogen) atoms. The molecule has 0 spiro atoms. The Labute approximate surface area is 183 Å². The van der Waals surface area contributed by atoms with Crippen molar-refractivity contribution >= 4 is 46.1 Å². The van der Waals surface area contributed by atoms with Crippen LogP contribution in [0.3, 0.4) is 0 Å². The molecular formula is C22H20ClNO5S.